The van der Waals surface area contributed by atoms with E-state index >= 15 is 0 Å². The number of hydrogen-bond donors (Lipinski definition) is 2. The maximum Gasteiger partial charge on any atom is 0.319 e. The Bertz CT molecular complexity index is 664. The second kappa shape index (κ2) is 8.06. The number of nitrogens with one attached hydrogen (secondary N) is 2. The summed E-state index contributed by atoms with van der Waals surface area (Å²) in [5.74, 6) is 0.752. The molecule has 4 nitrogen and oxygen atoms in total. The second-order valence-corrected chi connectivity index (χ2v) is 5.92. The first-order valence-corrected chi connectivity index (χ1v) is 7.91. The molecule has 2 amide bonds. The van der Waals surface area contributed by atoms with Gasteiger partial charge in [-0.15, -0.1) is 0 Å². The Balaban J connectivity index is 1.75. The van der Waals surface area contributed by atoms with Crippen molar-refractivity contribution in [2.24, 2.45) is 0 Å². The highest BCUT2D eigenvalue weighted by atomic mass is 79.9. The molecule has 0 aromatic heterocycles. The Morgan fingerprint density at radius 3 is 2.82 bits per heavy atom. The van der Waals surface area contributed by atoms with E-state index in [2.05, 4.69) is 26.6 Å². The first-order valence-electron chi connectivity index (χ1n) is 6.74. The highest BCUT2D eigenvalue weighted by Crippen LogP contribution is 2.22. The number of hydrogen-bond acceptors (Lipinski definition) is 2. The molecule has 0 aliphatic rings. The van der Waals surface area contributed by atoms with E-state index in [-0.39, 0.29) is 6.03 Å². The SMILES string of the molecule is Cc1c(Cl)cccc1NC(=O)NCCOc1cccc(Br)c1. The third-order valence-electron chi connectivity index (χ3n) is 2.97. The van der Waals surface area contributed by atoms with Crippen molar-refractivity contribution < 1.29 is 9.53 Å². The molecule has 0 spiro atoms. The summed E-state index contributed by atoms with van der Waals surface area (Å²) in [4.78, 5) is 11.8. The van der Waals surface area contributed by atoms with Gasteiger partial charge in [0.05, 0.1) is 6.54 Å². The minimum absolute atomic E-state index is 0.289. The Morgan fingerprint density at radius 1 is 1.27 bits per heavy atom. The van der Waals surface area contributed by atoms with Crippen molar-refractivity contribution in [2.45, 2.75) is 6.92 Å². The lowest BCUT2D eigenvalue weighted by molar-refractivity contribution is 0.247. The predicted molar refractivity (Wildman–Crippen MR) is 92.8 cm³/mol. The molecule has 116 valence electrons. The zero-order chi connectivity index (χ0) is 15.9. The van der Waals surface area contributed by atoms with E-state index in [1.807, 2.05) is 31.2 Å². The number of rotatable bonds is 5. The van der Waals surface area contributed by atoms with E-state index in [1.54, 1.807) is 18.2 Å². The monoisotopic (exact) mass is 382 g/mol. The van der Waals surface area contributed by atoms with E-state index in [9.17, 15) is 4.79 Å². The van der Waals surface area contributed by atoms with Crippen LogP contribution in [0.3, 0.4) is 0 Å². The summed E-state index contributed by atoms with van der Waals surface area (Å²) in [6.07, 6.45) is 0. The molecule has 0 radical (unpaired) electrons. The number of halogens is 2. The fourth-order valence-electron chi connectivity index (χ4n) is 1.80. The van der Waals surface area contributed by atoms with E-state index < -0.39 is 0 Å². The van der Waals surface area contributed by atoms with Gasteiger partial charge in [0, 0.05) is 15.2 Å². The van der Waals surface area contributed by atoms with Gasteiger partial charge in [-0.3, -0.25) is 0 Å². The van der Waals surface area contributed by atoms with Gasteiger partial charge in [0.1, 0.15) is 12.4 Å². The van der Waals surface area contributed by atoms with Crippen LogP contribution in [-0.2, 0) is 0 Å². The highest BCUT2D eigenvalue weighted by Gasteiger charge is 2.06. The Hall–Kier alpha value is -1.72. The number of urea groups is 1. The molecule has 6 heteroatoms. The van der Waals surface area contributed by atoms with Gasteiger partial charge in [-0.05, 0) is 42.8 Å². The van der Waals surface area contributed by atoms with Crippen molar-refractivity contribution in [3.63, 3.8) is 0 Å². The molecule has 0 heterocycles. The van der Waals surface area contributed by atoms with Crippen molar-refractivity contribution in [3.8, 4) is 5.75 Å². The van der Waals surface area contributed by atoms with Crippen LogP contribution in [-0.4, -0.2) is 19.2 Å². The number of benzene rings is 2. The smallest absolute Gasteiger partial charge is 0.319 e. The molecule has 22 heavy (non-hydrogen) atoms. The summed E-state index contributed by atoms with van der Waals surface area (Å²) in [6.45, 7) is 2.64. The van der Waals surface area contributed by atoms with Gasteiger partial charge in [0.15, 0.2) is 0 Å². The van der Waals surface area contributed by atoms with Crippen molar-refractivity contribution >= 4 is 39.2 Å². The zero-order valence-electron chi connectivity index (χ0n) is 12.0. The minimum Gasteiger partial charge on any atom is -0.492 e. The lowest BCUT2D eigenvalue weighted by atomic mass is 10.2. The number of anilines is 1. The van der Waals surface area contributed by atoms with Gasteiger partial charge in [-0.25, -0.2) is 4.79 Å². The average molecular weight is 384 g/mol. The van der Waals surface area contributed by atoms with Gasteiger partial charge >= 0.3 is 6.03 Å². The van der Waals surface area contributed by atoms with Gasteiger partial charge < -0.3 is 15.4 Å². The maximum absolute atomic E-state index is 11.8. The lowest BCUT2D eigenvalue weighted by Crippen LogP contribution is -2.32. The summed E-state index contributed by atoms with van der Waals surface area (Å²) in [5, 5.41) is 6.12. The molecule has 0 atom stereocenters. The molecule has 0 fully saturated rings. The molecule has 2 rings (SSSR count). The van der Waals surface area contributed by atoms with E-state index in [0.717, 1.165) is 15.8 Å². The number of carbonyl (C=O) groups excluding carboxylic acids is 1. The Morgan fingerprint density at radius 2 is 2.05 bits per heavy atom. The van der Waals surface area contributed by atoms with Gasteiger partial charge in [-0.1, -0.05) is 39.7 Å². The Kier molecular flexibility index (Phi) is 6.10. The quantitative estimate of drug-likeness (QED) is 0.741. The third kappa shape index (κ3) is 4.93. The molecule has 0 unspecified atom stereocenters. The molecule has 2 aromatic carbocycles. The number of ether oxygens (including phenoxy) is 1. The maximum atomic E-state index is 11.8. The minimum atomic E-state index is -0.289. The Labute approximate surface area is 142 Å². The van der Waals surface area contributed by atoms with Gasteiger partial charge in [0.2, 0.25) is 0 Å². The van der Waals surface area contributed by atoms with Crippen molar-refractivity contribution in [1.82, 2.24) is 5.32 Å². The molecular weight excluding hydrogens is 368 g/mol. The molecule has 0 aliphatic carbocycles. The van der Waals surface area contributed by atoms with Gasteiger partial charge in [0.25, 0.3) is 0 Å². The van der Waals surface area contributed by atoms with E-state index in [0.29, 0.717) is 23.9 Å². The number of amides is 2. The second-order valence-electron chi connectivity index (χ2n) is 4.60. The summed E-state index contributed by atoms with van der Waals surface area (Å²) in [7, 11) is 0. The fourth-order valence-corrected chi connectivity index (χ4v) is 2.35. The first-order chi connectivity index (χ1) is 10.6. The van der Waals surface area contributed by atoms with E-state index in [4.69, 9.17) is 16.3 Å². The van der Waals surface area contributed by atoms with Crippen LogP contribution in [0.25, 0.3) is 0 Å². The zero-order valence-corrected chi connectivity index (χ0v) is 14.4. The number of carbonyl (C=O) groups is 1. The van der Waals surface area contributed by atoms with Crippen LogP contribution in [0, 0.1) is 6.92 Å². The first kappa shape index (κ1) is 16.6. The predicted octanol–water partition coefficient (Wildman–Crippen LogP) is 4.61. The summed E-state index contributed by atoms with van der Waals surface area (Å²) in [5.41, 5.74) is 1.53. The van der Waals surface area contributed by atoms with Crippen molar-refractivity contribution in [3.05, 3.63) is 57.5 Å². The summed E-state index contributed by atoms with van der Waals surface area (Å²) >= 11 is 9.38. The van der Waals surface area contributed by atoms with Crippen LogP contribution in [0.15, 0.2) is 46.9 Å². The normalized spacial score (nSPS) is 10.1. The summed E-state index contributed by atoms with van der Waals surface area (Å²) in [6, 6.07) is 12.6. The van der Waals surface area contributed by atoms with Crippen LogP contribution in [0.5, 0.6) is 5.75 Å². The third-order valence-corrected chi connectivity index (χ3v) is 3.87. The summed E-state index contributed by atoms with van der Waals surface area (Å²) < 4.78 is 6.49. The largest absolute Gasteiger partial charge is 0.492 e. The average Bonchev–Trinajstić information content (AvgIpc) is 2.49. The lowest BCUT2D eigenvalue weighted by Gasteiger charge is -2.11. The standard InChI is InChI=1S/C16H16BrClN2O2/c1-11-14(18)6-3-7-15(11)20-16(21)19-8-9-22-13-5-2-4-12(17)10-13/h2-7,10H,8-9H2,1H3,(H2,19,20,21). The molecular formula is C16H16BrClN2O2. The molecule has 0 bridgehead atoms. The molecule has 0 aliphatic heterocycles. The topological polar surface area (TPSA) is 50.4 Å². The highest BCUT2D eigenvalue weighted by molar-refractivity contribution is 9.10. The van der Waals surface area contributed by atoms with Crippen molar-refractivity contribution in [1.29, 1.82) is 0 Å². The van der Waals surface area contributed by atoms with Crippen molar-refractivity contribution in [2.75, 3.05) is 18.5 Å². The van der Waals surface area contributed by atoms with Crippen LogP contribution in [0.2, 0.25) is 5.02 Å². The molecule has 0 saturated heterocycles. The molecule has 2 N–H and O–H groups in total. The van der Waals surface area contributed by atoms with Crippen LogP contribution in [0.1, 0.15) is 5.56 Å². The van der Waals surface area contributed by atoms with Gasteiger partial charge in [-0.2, -0.15) is 0 Å². The van der Waals surface area contributed by atoms with E-state index in [1.165, 1.54) is 0 Å². The molecule has 2 aromatic rings. The molecule has 0 saturated carbocycles. The van der Waals surface area contributed by atoms with Crippen LogP contribution >= 0.6 is 27.5 Å². The fraction of sp³-hybridized carbons (Fsp3) is 0.188. The van der Waals surface area contributed by atoms with Crippen LogP contribution in [0.4, 0.5) is 10.5 Å². The van der Waals surface area contributed by atoms with Crippen LogP contribution < -0.4 is 15.4 Å².